The van der Waals surface area contributed by atoms with E-state index in [4.69, 9.17) is 9.47 Å². The minimum absolute atomic E-state index is 0.00148. The summed E-state index contributed by atoms with van der Waals surface area (Å²) in [6, 6.07) is 0. The number of nitrogens with one attached hydrogen (secondary N) is 1. The zero-order valence-corrected chi connectivity index (χ0v) is 11.5. The molecular weight excluding hydrogens is 230 g/mol. The van der Waals surface area contributed by atoms with E-state index in [9.17, 15) is 5.11 Å². The third-order valence-electron chi connectivity index (χ3n) is 3.23. The van der Waals surface area contributed by atoms with Gasteiger partial charge in [-0.05, 0) is 18.3 Å². The maximum Gasteiger partial charge on any atom is 0.199 e. The molecular formula is C14H23NO3. The second kappa shape index (κ2) is 5.33. The Hall–Kier alpha value is -1.00. The largest absolute Gasteiger partial charge is 0.463 e. The average Bonchev–Trinajstić information content (AvgIpc) is 2.73. The summed E-state index contributed by atoms with van der Waals surface area (Å²) in [7, 11) is 0. The third-order valence-corrected chi connectivity index (χ3v) is 3.23. The fourth-order valence-corrected chi connectivity index (χ4v) is 2.43. The van der Waals surface area contributed by atoms with Gasteiger partial charge >= 0.3 is 0 Å². The lowest BCUT2D eigenvalue weighted by atomic mass is 9.86. The van der Waals surface area contributed by atoms with Gasteiger partial charge in [-0.25, -0.2) is 0 Å². The zero-order chi connectivity index (χ0) is 13.2. The Morgan fingerprint density at radius 1 is 1.44 bits per heavy atom. The lowest BCUT2D eigenvalue weighted by Gasteiger charge is -2.26. The smallest absolute Gasteiger partial charge is 0.199 e. The minimum atomic E-state index is -0.151. The van der Waals surface area contributed by atoms with Gasteiger partial charge in [-0.1, -0.05) is 20.8 Å². The highest BCUT2D eigenvalue weighted by Crippen LogP contribution is 2.35. The molecule has 0 amide bonds. The van der Waals surface area contributed by atoms with Gasteiger partial charge in [0.2, 0.25) is 0 Å². The molecule has 1 aromatic heterocycles. The van der Waals surface area contributed by atoms with Gasteiger partial charge in [0.15, 0.2) is 6.29 Å². The molecule has 18 heavy (non-hydrogen) atoms. The first-order valence-corrected chi connectivity index (χ1v) is 6.62. The van der Waals surface area contributed by atoms with Crippen molar-refractivity contribution in [2.24, 2.45) is 0 Å². The van der Waals surface area contributed by atoms with Crippen LogP contribution in [-0.4, -0.2) is 23.0 Å². The van der Waals surface area contributed by atoms with Gasteiger partial charge < -0.3 is 19.6 Å². The van der Waals surface area contributed by atoms with Crippen molar-refractivity contribution in [2.45, 2.75) is 58.3 Å². The fourth-order valence-electron chi connectivity index (χ4n) is 2.43. The molecule has 0 saturated carbocycles. The van der Waals surface area contributed by atoms with Gasteiger partial charge in [0.05, 0.1) is 13.2 Å². The van der Waals surface area contributed by atoms with Crippen LogP contribution in [0.3, 0.4) is 0 Å². The number of hydrogen-bond donors (Lipinski definition) is 2. The highest BCUT2D eigenvalue weighted by molar-refractivity contribution is 5.41. The third kappa shape index (κ3) is 2.87. The van der Waals surface area contributed by atoms with E-state index in [2.05, 4.69) is 25.8 Å². The molecule has 0 aliphatic carbocycles. The van der Waals surface area contributed by atoms with Crippen LogP contribution in [0.4, 0.5) is 0 Å². The first kappa shape index (κ1) is 13.4. The van der Waals surface area contributed by atoms with E-state index >= 15 is 0 Å². The summed E-state index contributed by atoms with van der Waals surface area (Å²) in [6.07, 6.45) is 4.86. The standard InChI is InChI=1S/C14H23NO3/c1-14(2,3)13-10(9-16)15-8-11(13)18-12-6-4-5-7-17-12/h8,12,15-16H,4-7,9H2,1-3H3/t12-/m1/s1. The first-order valence-electron chi connectivity index (χ1n) is 6.62. The van der Waals surface area contributed by atoms with Crippen LogP contribution < -0.4 is 4.74 Å². The van der Waals surface area contributed by atoms with E-state index in [1.165, 1.54) is 0 Å². The Morgan fingerprint density at radius 2 is 2.22 bits per heavy atom. The Morgan fingerprint density at radius 3 is 2.78 bits per heavy atom. The Labute approximate surface area is 108 Å². The van der Waals surface area contributed by atoms with Crippen molar-refractivity contribution < 1.29 is 14.6 Å². The highest BCUT2D eigenvalue weighted by atomic mass is 16.7. The summed E-state index contributed by atoms with van der Waals surface area (Å²) < 4.78 is 11.5. The van der Waals surface area contributed by atoms with E-state index in [1.807, 2.05) is 6.20 Å². The number of aliphatic hydroxyl groups is 1. The minimum Gasteiger partial charge on any atom is -0.463 e. The van der Waals surface area contributed by atoms with Gasteiger partial charge in [0, 0.05) is 23.9 Å². The lowest BCUT2D eigenvalue weighted by molar-refractivity contribution is -0.106. The molecule has 2 rings (SSSR count). The van der Waals surface area contributed by atoms with Gasteiger partial charge in [-0.15, -0.1) is 0 Å². The molecule has 0 spiro atoms. The van der Waals surface area contributed by atoms with Crippen LogP contribution in [0.25, 0.3) is 0 Å². The van der Waals surface area contributed by atoms with Gasteiger partial charge in [0.25, 0.3) is 0 Å². The SMILES string of the molecule is CC(C)(C)c1c(O[C@@H]2CCCCO2)c[nH]c1CO. The Kier molecular flexibility index (Phi) is 3.97. The summed E-state index contributed by atoms with van der Waals surface area (Å²) in [5, 5.41) is 9.38. The van der Waals surface area contributed by atoms with E-state index in [0.717, 1.165) is 42.9 Å². The van der Waals surface area contributed by atoms with Crippen molar-refractivity contribution >= 4 is 0 Å². The molecule has 0 aromatic carbocycles. The first-order chi connectivity index (χ1) is 8.52. The van der Waals surface area contributed by atoms with Crippen molar-refractivity contribution in [2.75, 3.05) is 6.61 Å². The monoisotopic (exact) mass is 253 g/mol. The van der Waals surface area contributed by atoms with Crippen LogP contribution in [0.1, 0.15) is 51.3 Å². The average molecular weight is 253 g/mol. The number of hydrogen-bond acceptors (Lipinski definition) is 3. The van der Waals surface area contributed by atoms with Gasteiger partial charge in [0.1, 0.15) is 5.75 Å². The predicted molar refractivity (Wildman–Crippen MR) is 69.6 cm³/mol. The molecule has 1 fully saturated rings. The van der Waals surface area contributed by atoms with Gasteiger partial charge in [-0.2, -0.15) is 0 Å². The molecule has 1 aliphatic rings. The predicted octanol–water partition coefficient (Wildman–Crippen LogP) is 2.71. The molecule has 0 radical (unpaired) electrons. The van der Waals surface area contributed by atoms with Crippen molar-refractivity contribution in [1.82, 2.24) is 4.98 Å². The fraction of sp³-hybridized carbons (Fsp3) is 0.714. The molecule has 1 atom stereocenters. The number of aliphatic hydroxyl groups excluding tert-OH is 1. The van der Waals surface area contributed by atoms with Crippen molar-refractivity contribution in [1.29, 1.82) is 0 Å². The van der Waals surface area contributed by atoms with Crippen LogP contribution in [0.2, 0.25) is 0 Å². The van der Waals surface area contributed by atoms with E-state index < -0.39 is 0 Å². The summed E-state index contributed by atoms with van der Waals surface area (Å²) in [5.74, 6) is 0.804. The normalized spacial score (nSPS) is 21.0. The number of ether oxygens (including phenoxy) is 2. The van der Waals surface area contributed by atoms with Crippen LogP contribution in [-0.2, 0) is 16.8 Å². The highest BCUT2D eigenvalue weighted by Gasteiger charge is 2.26. The van der Waals surface area contributed by atoms with Crippen molar-refractivity contribution in [3.05, 3.63) is 17.5 Å². The molecule has 2 N–H and O–H groups in total. The lowest BCUT2D eigenvalue weighted by Crippen LogP contribution is -2.26. The maximum absolute atomic E-state index is 9.38. The van der Waals surface area contributed by atoms with E-state index in [-0.39, 0.29) is 18.3 Å². The second-order valence-corrected chi connectivity index (χ2v) is 5.83. The summed E-state index contributed by atoms with van der Waals surface area (Å²) in [4.78, 5) is 3.09. The van der Waals surface area contributed by atoms with Crippen LogP contribution in [0.5, 0.6) is 5.75 Å². The number of aromatic amines is 1. The molecule has 4 nitrogen and oxygen atoms in total. The molecule has 102 valence electrons. The van der Waals surface area contributed by atoms with Crippen LogP contribution in [0.15, 0.2) is 6.20 Å². The Balaban J connectivity index is 2.19. The molecule has 4 heteroatoms. The maximum atomic E-state index is 9.38. The van der Waals surface area contributed by atoms with Crippen LogP contribution in [0, 0.1) is 0 Å². The number of H-pyrrole nitrogens is 1. The van der Waals surface area contributed by atoms with E-state index in [0.29, 0.717) is 0 Å². The van der Waals surface area contributed by atoms with E-state index in [1.54, 1.807) is 0 Å². The van der Waals surface area contributed by atoms with Crippen molar-refractivity contribution in [3.63, 3.8) is 0 Å². The number of aromatic nitrogens is 1. The molecule has 1 aromatic rings. The number of rotatable bonds is 3. The molecule has 1 aliphatic heterocycles. The topological polar surface area (TPSA) is 54.5 Å². The molecule has 1 saturated heterocycles. The molecule has 0 bridgehead atoms. The summed E-state index contributed by atoms with van der Waals surface area (Å²) in [5.41, 5.74) is 1.80. The van der Waals surface area contributed by atoms with Crippen LogP contribution >= 0.6 is 0 Å². The summed E-state index contributed by atoms with van der Waals surface area (Å²) in [6.45, 7) is 7.12. The van der Waals surface area contributed by atoms with Gasteiger partial charge in [-0.3, -0.25) is 0 Å². The molecule has 2 heterocycles. The quantitative estimate of drug-likeness (QED) is 0.870. The summed E-state index contributed by atoms with van der Waals surface area (Å²) >= 11 is 0. The Bertz CT molecular complexity index is 386. The van der Waals surface area contributed by atoms with Crippen molar-refractivity contribution in [3.8, 4) is 5.75 Å². The zero-order valence-electron chi connectivity index (χ0n) is 11.5. The molecule has 0 unspecified atom stereocenters. The second-order valence-electron chi connectivity index (χ2n) is 5.83.